The number of para-hydroxylation sites is 1. The minimum absolute atomic E-state index is 0.0603. The van der Waals surface area contributed by atoms with Gasteiger partial charge in [0.05, 0.1) is 23.6 Å². The lowest BCUT2D eigenvalue weighted by atomic mass is 10.0. The summed E-state index contributed by atoms with van der Waals surface area (Å²) in [4.78, 5) is 25.3. The predicted octanol–water partition coefficient (Wildman–Crippen LogP) is 5.85. The highest BCUT2D eigenvalue weighted by Gasteiger charge is 2.40. The van der Waals surface area contributed by atoms with Crippen LogP contribution in [0.2, 0.25) is 0 Å². The Labute approximate surface area is 183 Å². The second-order valence-electron chi connectivity index (χ2n) is 6.86. The summed E-state index contributed by atoms with van der Waals surface area (Å²) in [5, 5.41) is -0.172. The van der Waals surface area contributed by atoms with E-state index in [1.54, 1.807) is 6.07 Å². The van der Waals surface area contributed by atoms with Crippen molar-refractivity contribution < 1.29 is 36.2 Å². The molecule has 0 amide bonds. The lowest BCUT2D eigenvalue weighted by Gasteiger charge is -2.15. The molecule has 0 atom stereocenters. The van der Waals surface area contributed by atoms with E-state index in [1.165, 1.54) is 55.6 Å². The van der Waals surface area contributed by atoms with E-state index in [1.807, 2.05) is 0 Å². The minimum Gasteiger partial charge on any atom is -0.496 e. The number of carbonyl (C=O) groups excluding carboxylic acids is 1. The SMILES string of the molecule is COc1ccccc1-c1c(C(F)(F)F)oc2cc(OC(=O)c3ccccc3F)ccc2c1=O. The Balaban J connectivity index is 1.86. The summed E-state index contributed by atoms with van der Waals surface area (Å²) in [7, 11) is 1.27. The van der Waals surface area contributed by atoms with E-state index in [-0.39, 0.29) is 28.0 Å². The van der Waals surface area contributed by atoms with E-state index in [9.17, 15) is 27.2 Å². The Bertz CT molecular complexity index is 1420. The van der Waals surface area contributed by atoms with Crippen molar-refractivity contribution in [2.45, 2.75) is 6.18 Å². The van der Waals surface area contributed by atoms with Crippen molar-refractivity contribution in [1.29, 1.82) is 0 Å². The molecule has 0 unspecified atom stereocenters. The maximum absolute atomic E-state index is 13.9. The number of hydrogen-bond acceptors (Lipinski definition) is 5. The van der Waals surface area contributed by atoms with Crippen LogP contribution in [0.25, 0.3) is 22.1 Å². The van der Waals surface area contributed by atoms with Gasteiger partial charge in [0, 0.05) is 11.6 Å². The van der Waals surface area contributed by atoms with E-state index >= 15 is 0 Å². The quantitative estimate of drug-likeness (QED) is 0.218. The molecule has 4 rings (SSSR count). The van der Waals surface area contributed by atoms with E-state index in [0.717, 1.165) is 12.1 Å². The van der Waals surface area contributed by atoms with Gasteiger partial charge in [0.15, 0.2) is 0 Å². The molecular formula is C24H14F4O5. The number of halogens is 4. The second kappa shape index (κ2) is 8.42. The average molecular weight is 458 g/mol. The molecule has 0 aliphatic rings. The third-order valence-corrected chi connectivity index (χ3v) is 4.80. The molecule has 4 aromatic rings. The first-order valence-electron chi connectivity index (χ1n) is 9.49. The van der Waals surface area contributed by atoms with Gasteiger partial charge in [0.2, 0.25) is 11.2 Å². The first kappa shape index (κ1) is 22.1. The van der Waals surface area contributed by atoms with Gasteiger partial charge < -0.3 is 13.9 Å². The van der Waals surface area contributed by atoms with Crippen LogP contribution >= 0.6 is 0 Å². The van der Waals surface area contributed by atoms with Crippen molar-refractivity contribution in [2.75, 3.05) is 7.11 Å². The lowest BCUT2D eigenvalue weighted by molar-refractivity contribution is -0.152. The van der Waals surface area contributed by atoms with Gasteiger partial charge in [0.25, 0.3) is 0 Å². The van der Waals surface area contributed by atoms with E-state index < -0.39 is 40.3 Å². The molecule has 0 saturated carbocycles. The van der Waals surface area contributed by atoms with Crippen molar-refractivity contribution in [3.05, 3.63) is 94.1 Å². The average Bonchev–Trinajstić information content (AvgIpc) is 2.78. The van der Waals surface area contributed by atoms with Crippen LogP contribution in [0.1, 0.15) is 16.1 Å². The molecule has 5 nitrogen and oxygen atoms in total. The monoisotopic (exact) mass is 458 g/mol. The van der Waals surface area contributed by atoms with Crippen LogP contribution in [-0.2, 0) is 6.18 Å². The Hall–Kier alpha value is -4.14. The zero-order valence-corrected chi connectivity index (χ0v) is 16.9. The number of hydrogen-bond donors (Lipinski definition) is 0. The summed E-state index contributed by atoms with van der Waals surface area (Å²) in [6.07, 6.45) is -5.01. The number of methoxy groups -OCH3 is 1. The van der Waals surface area contributed by atoms with Gasteiger partial charge in [-0.05, 0) is 30.3 Å². The fourth-order valence-corrected chi connectivity index (χ4v) is 3.32. The van der Waals surface area contributed by atoms with Gasteiger partial charge in [-0.1, -0.05) is 30.3 Å². The fourth-order valence-electron chi connectivity index (χ4n) is 3.32. The van der Waals surface area contributed by atoms with E-state index in [0.29, 0.717) is 0 Å². The Kier molecular flexibility index (Phi) is 5.63. The van der Waals surface area contributed by atoms with Gasteiger partial charge in [-0.25, -0.2) is 9.18 Å². The maximum Gasteiger partial charge on any atom is 0.450 e. The van der Waals surface area contributed by atoms with Gasteiger partial charge in [-0.15, -0.1) is 0 Å². The third kappa shape index (κ3) is 4.17. The molecular weight excluding hydrogens is 444 g/mol. The molecule has 3 aromatic carbocycles. The van der Waals surface area contributed by atoms with Crippen LogP contribution in [0, 0.1) is 5.82 Å². The summed E-state index contributed by atoms with van der Waals surface area (Å²) in [6, 6.07) is 14.2. The fraction of sp³-hybridized carbons (Fsp3) is 0.0833. The zero-order chi connectivity index (χ0) is 23.8. The molecule has 0 saturated heterocycles. The van der Waals surface area contributed by atoms with Crippen molar-refractivity contribution in [1.82, 2.24) is 0 Å². The lowest BCUT2D eigenvalue weighted by Crippen LogP contribution is -2.16. The number of benzene rings is 3. The molecule has 0 bridgehead atoms. The topological polar surface area (TPSA) is 65.7 Å². The van der Waals surface area contributed by atoms with Crippen LogP contribution in [0.15, 0.2) is 75.9 Å². The third-order valence-electron chi connectivity index (χ3n) is 4.80. The molecule has 0 aliphatic heterocycles. The molecule has 0 fully saturated rings. The van der Waals surface area contributed by atoms with Gasteiger partial charge in [-0.2, -0.15) is 13.2 Å². The van der Waals surface area contributed by atoms with Crippen LogP contribution in [0.3, 0.4) is 0 Å². The number of fused-ring (bicyclic) bond motifs is 1. The van der Waals surface area contributed by atoms with Crippen molar-refractivity contribution in [2.24, 2.45) is 0 Å². The van der Waals surface area contributed by atoms with Crippen molar-refractivity contribution in [3.63, 3.8) is 0 Å². The summed E-state index contributed by atoms with van der Waals surface area (Å²) in [5.41, 5.74) is -2.55. The highest BCUT2D eigenvalue weighted by atomic mass is 19.4. The molecule has 1 heterocycles. The smallest absolute Gasteiger partial charge is 0.450 e. The number of esters is 1. The number of rotatable bonds is 4. The van der Waals surface area contributed by atoms with E-state index in [2.05, 4.69) is 0 Å². The second-order valence-corrected chi connectivity index (χ2v) is 6.86. The molecule has 1 aromatic heterocycles. The number of carbonyl (C=O) groups is 1. The Morgan fingerprint density at radius 2 is 1.67 bits per heavy atom. The number of ether oxygens (including phenoxy) is 2. The molecule has 168 valence electrons. The standard InChI is InChI=1S/C24H14F4O5/c1-31-18-9-5-3-7-15(18)20-21(29)16-11-10-13(12-19(16)33-22(20)24(26,27)28)32-23(30)14-6-2-4-8-17(14)25/h2-12H,1H3. The van der Waals surface area contributed by atoms with Crippen LogP contribution in [0.5, 0.6) is 11.5 Å². The van der Waals surface area contributed by atoms with Crippen LogP contribution in [0.4, 0.5) is 17.6 Å². The normalized spacial score (nSPS) is 11.4. The Morgan fingerprint density at radius 1 is 0.970 bits per heavy atom. The highest BCUT2D eigenvalue weighted by molar-refractivity contribution is 5.92. The minimum atomic E-state index is -5.01. The molecule has 0 radical (unpaired) electrons. The first-order valence-corrected chi connectivity index (χ1v) is 9.49. The van der Waals surface area contributed by atoms with Gasteiger partial charge in [-0.3, -0.25) is 4.79 Å². The van der Waals surface area contributed by atoms with Crippen LogP contribution < -0.4 is 14.9 Å². The number of alkyl halides is 3. The summed E-state index contributed by atoms with van der Waals surface area (Å²) < 4.78 is 70.6. The summed E-state index contributed by atoms with van der Waals surface area (Å²) >= 11 is 0. The largest absolute Gasteiger partial charge is 0.496 e. The first-order chi connectivity index (χ1) is 15.7. The van der Waals surface area contributed by atoms with Crippen molar-refractivity contribution in [3.8, 4) is 22.6 Å². The summed E-state index contributed by atoms with van der Waals surface area (Å²) in [5.74, 6) is -3.57. The molecule has 0 aliphatic carbocycles. The van der Waals surface area contributed by atoms with Gasteiger partial charge >= 0.3 is 12.1 Å². The molecule has 0 N–H and O–H groups in total. The summed E-state index contributed by atoms with van der Waals surface area (Å²) in [6.45, 7) is 0. The van der Waals surface area contributed by atoms with E-state index in [4.69, 9.17) is 13.9 Å². The highest BCUT2D eigenvalue weighted by Crippen LogP contribution is 2.40. The molecule has 9 heteroatoms. The predicted molar refractivity (Wildman–Crippen MR) is 111 cm³/mol. The van der Waals surface area contributed by atoms with Gasteiger partial charge in [0.1, 0.15) is 22.9 Å². The van der Waals surface area contributed by atoms with Crippen LogP contribution in [-0.4, -0.2) is 13.1 Å². The molecule has 33 heavy (non-hydrogen) atoms. The van der Waals surface area contributed by atoms with Crippen molar-refractivity contribution >= 4 is 16.9 Å². The zero-order valence-electron chi connectivity index (χ0n) is 16.9. The maximum atomic E-state index is 13.9. The molecule has 0 spiro atoms. The Morgan fingerprint density at radius 3 is 2.36 bits per heavy atom.